The molecule has 0 aliphatic rings. The molecule has 0 saturated heterocycles. The van der Waals surface area contributed by atoms with Gasteiger partial charge in [0.15, 0.2) is 0 Å². The maximum absolute atomic E-state index is 11.5. The number of aldehydes is 1. The van der Waals surface area contributed by atoms with Gasteiger partial charge in [0.2, 0.25) is 0 Å². The van der Waals surface area contributed by atoms with Crippen molar-refractivity contribution in [1.29, 1.82) is 0 Å². The van der Waals surface area contributed by atoms with Crippen molar-refractivity contribution >= 4 is 6.29 Å². The lowest BCUT2D eigenvalue weighted by Gasteiger charge is -2.24. The number of aryl methyl sites for hydroxylation is 1. The van der Waals surface area contributed by atoms with E-state index in [1.165, 1.54) is 11.1 Å². The van der Waals surface area contributed by atoms with Gasteiger partial charge in [-0.3, -0.25) is 0 Å². The Morgan fingerprint density at radius 3 is 2.39 bits per heavy atom. The average molecular weight is 238 g/mol. The lowest BCUT2D eigenvalue weighted by atomic mass is 9.78. The summed E-state index contributed by atoms with van der Waals surface area (Å²) in [7, 11) is 0. The van der Waals surface area contributed by atoms with Crippen LogP contribution < -0.4 is 0 Å². The van der Waals surface area contributed by atoms with Crippen LogP contribution in [0, 0.1) is 6.92 Å². The first-order valence-electron chi connectivity index (χ1n) is 6.21. The predicted octanol–water partition coefficient (Wildman–Crippen LogP) is 3.69. The molecule has 0 aromatic heterocycles. The fourth-order valence-electron chi connectivity index (χ4n) is 2.23. The predicted molar refractivity (Wildman–Crippen MR) is 74.7 cm³/mol. The van der Waals surface area contributed by atoms with Crippen LogP contribution in [-0.2, 0) is 16.6 Å². The van der Waals surface area contributed by atoms with Crippen molar-refractivity contribution in [3.63, 3.8) is 0 Å². The summed E-state index contributed by atoms with van der Waals surface area (Å²) in [5.41, 5.74) is 3.01. The Morgan fingerprint density at radius 2 is 1.78 bits per heavy atom. The lowest BCUT2D eigenvalue weighted by molar-refractivity contribution is -0.112. The van der Waals surface area contributed by atoms with E-state index in [0.717, 1.165) is 18.3 Å². The molecule has 18 heavy (non-hydrogen) atoms. The highest BCUT2D eigenvalue weighted by molar-refractivity contribution is 5.68. The number of hydrogen-bond acceptors (Lipinski definition) is 1. The lowest BCUT2D eigenvalue weighted by Crippen LogP contribution is -2.26. The maximum atomic E-state index is 11.5. The van der Waals surface area contributed by atoms with Crippen LogP contribution in [-0.4, -0.2) is 6.29 Å². The zero-order valence-electron chi connectivity index (χ0n) is 10.9. The minimum Gasteiger partial charge on any atom is -0.302 e. The van der Waals surface area contributed by atoms with Gasteiger partial charge in [-0.15, -0.1) is 0 Å². The standard InChI is InChI=1S/C17H18O/c1-14-7-6-10-16(11-14)17(2,13-18)12-15-8-4-3-5-9-15/h3-11,13H,12H2,1-2H3. The molecule has 1 unspecified atom stereocenters. The second kappa shape index (κ2) is 5.18. The topological polar surface area (TPSA) is 17.1 Å². The summed E-state index contributed by atoms with van der Waals surface area (Å²) in [6.45, 7) is 4.05. The highest BCUT2D eigenvalue weighted by Crippen LogP contribution is 2.26. The van der Waals surface area contributed by atoms with Crippen LogP contribution in [0.1, 0.15) is 23.6 Å². The van der Waals surface area contributed by atoms with E-state index in [9.17, 15) is 4.79 Å². The van der Waals surface area contributed by atoms with Gasteiger partial charge in [0, 0.05) is 0 Å². The molecule has 0 spiro atoms. The largest absolute Gasteiger partial charge is 0.302 e. The van der Waals surface area contributed by atoms with E-state index in [2.05, 4.69) is 31.2 Å². The Bertz CT molecular complexity index is 530. The fourth-order valence-corrected chi connectivity index (χ4v) is 2.23. The molecule has 2 aromatic carbocycles. The quantitative estimate of drug-likeness (QED) is 0.742. The van der Waals surface area contributed by atoms with E-state index in [4.69, 9.17) is 0 Å². The SMILES string of the molecule is Cc1cccc(C(C)(C=O)Cc2ccccc2)c1. The van der Waals surface area contributed by atoms with Crippen molar-refractivity contribution in [3.05, 3.63) is 71.3 Å². The Hall–Kier alpha value is -1.89. The van der Waals surface area contributed by atoms with Crippen molar-refractivity contribution in [2.45, 2.75) is 25.7 Å². The Kier molecular flexibility index (Phi) is 3.61. The van der Waals surface area contributed by atoms with Gasteiger partial charge in [-0.25, -0.2) is 0 Å². The molecule has 1 heteroatoms. The maximum Gasteiger partial charge on any atom is 0.130 e. The summed E-state index contributed by atoms with van der Waals surface area (Å²) in [6.07, 6.45) is 1.80. The third-order valence-electron chi connectivity index (χ3n) is 3.35. The first-order valence-corrected chi connectivity index (χ1v) is 6.21. The highest BCUT2D eigenvalue weighted by Gasteiger charge is 2.26. The molecule has 0 bridgehead atoms. The van der Waals surface area contributed by atoms with Crippen LogP contribution in [0.25, 0.3) is 0 Å². The van der Waals surface area contributed by atoms with Crippen LogP contribution in [0.5, 0.6) is 0 Å². The molecule has 1 nitrogen and oxygen atoms in total. The molecule has 0 radical (unpaired) electrons. The highest BCUT2D eigenvalue weighted by atomic mass is 16.1. The Balaban J connectivity index is 2.34. The van der Waals surface area contributed by atoms with Crippen molar-refractivity contribution in [2.75, 3.05) is 0 Å². The Labute approximate surface area is 108 Å². The van der Waals surface area contributed by atoms with Crippen molar-refractivity contribution in [3.8, 4) is 0 Å². The molecule has 0 aliphatic heterocycles. The molecule has 2 aromatic rings. The van der Waals surface area contributed by atoms with Crippen LogP contribution in [0.2, 0.25) is 0 Å². The first-order chi connectivity index (χ1) is 8.64. The number of carbonyl (C=O) groups is 1. The Morgan fingerprint density at radius 1 is 1.06 bits per heavy atom. The smallest absolute Gasteiger partial charge is 0.130 e. The van der Waals surface area contributed by atoms with Gasteiger partial charge < -0.3 is 4.79 Å². The molecule has 0 fully saturated rings. The van der Waals surface area contributed by atoms with E-state index in [1.807, 2.05) is 37.3 Å². The van der Waals surface area contributed by atoms with Gasteiger partial charge in [0.05, 0.1) is 5.41 Å². The third-order valence-corrected chi connectivity index (χ3v) is 3.35. The van der Waals surface area contributed by atoms with Crippen molar-refractivity contribution < 1.29 is 4.79 Å². The molecule has 0 N–H and O–H groups in total. The van der Waals surface area contributed by atoms with Crippen molar-refractivity contribution in [2.24, 2.45) is 0 Å². The molecule has 92 valence electrons. The summed E-state index contributed by atoms with van der Waals surface area (Å²) >= 11 is 0. The molecular formula is C17H18O. The van der Waals surface area contributed by atoms with E-state index in [0.29, 0.717) is 0 Å². The molecule has 1 atom stereocenters. The van der Waals surface area contributed by atoms with E-state index >= 15 is 0 Å². The van der Waals surface area contributed by atoms with E-state index in [-0.39, 0.29) is 0 Å². The van der Waals surface area contributed by atoms with Gasteiger partial charge >= 0.3 is 0 Å². The molecule has 0 saturated carbocycles. The number of hydrogen-bond donors (Lipinski definition) is 0. The fraction of sp³-hybridized carbons (Fsp3) is 0.235. The third kappa shape index (κ3) is 2.67. The zero-order chi connectivity index (χ0) is 13.0. The molecule has 0 heterocycles. The number of benzene rings is 2. The molecule has 0 amide bonds. The molecular weight excluding hydrogens is 220 g/mol. The summed E-state index contributed by atoms with van der Waals surface area (Å²) in [5, 5.41) is 0. The van der Waals surface area contributed by atoms with E-state index in [1.54, 1.807) is 0 Å². The van der Waals surface area contributed by atoms with Crippen LogP contribution >= 0.6 is 0 Å². The van der Waals surface area contributed by atoms with Crippen LogP contribution in [0.4, 0.5) is 0 Å². The van der Waals surface area contributed by atoms with Gasteiger partial charge in [-0.05, 0) is 31.4 Å². The second-order valence-electron chi connectivity index (χ2n) is 5.07. The molecule has 0 aliphatic carbocycles. The molecule has 2 rings (SSSR count). The average Bonchev–Trinajstić information content (AvgIpc) is 2.40. The second-order valence-corrected chi connectivity index (χ2v) is 5.07. The van der Waals surface area contributed by atoms with Gasteiger partial charge in [0.1, 0.15) is 6.29 Å². The van der Waals surface area contributed by atoms with E-state index < -0.39 is 5.41 Å². The number of rotatable bonds is 4. The minimum absolute atomic E-state index is 0.451. The summed E-state index contributed by atoms with van der Waals surface area (Å²) < 4.78 is 0. The first kappa shape index (κ1) is 12.6. The monoisotopic (exact) mass is 238 g/mol. The van der Waals surface area contributed by atoms with Crippen molar-refractivity contribution in [1.82, 2.24) is 0 Å². The van der Waals surface area contributed by atoms with Crippen LogP contribution in [0.3, 0.4) is 0 Å². The zero-order valence-corrected chi connectivity index (χ0v) is 10.9. The number of carbonyl (C=O) groups excluding carboxylic acids is 1. The summed E-state index contributed by atoms with van der Waals surface area (Å²) in [5.74, 6) is 0. The van der Waals surface area contributed by atoms with Crippen LogP contribution in [0.15, 0.2) is 54.6 Å². The minimum atomic E-state index is -0.451. The summed E-state index contributed by atoms with van der Waals surface area (Å²) in [4.78, 5) is 11.5. The normalized spacial score (nSPS) is 13.9. The summed E-state index contributed by atoms with van der Waals surface area (Å²) in [6, 6.07) is 18.3. The van der Waals surface area contributed by atoms with Gasteiger partial charge in [-0.1, -0.05) is 60.2 Å². The van der Waals surface area contributed by atoms with Gasteiger partial charge in [0.25, 0.3) is 0 Å². The van der Waals surface area contributed by atoms with Gasteiger partial charge in [-0.2, -0.15) is 0 Å².